The molecular formula is C20H20F2N2O2. The number of hydrogen-bond donors (Lipinski definition) is 1. The molecule has 1 fully saturated rings. The van der Waals surface area contributed by atoms with Crippen LogP contribution in [0.15, 0.2) is 48.5 Å². The third-order valence-corrected chi connectivity index (χ3v) is 4.64. The van der Waals surface area contributed by atoms with Gasteiger partial charge >= 0.3 is 0 Å². The highest BCUT2D eigenvalue weighted by atomic mass is 19.1. The van der Waals surface area contributed by atoms with Crippen LogP contribution in [0.4, 0.5) is 8.78 Å². The minimum Gasteiger partial charge on any atom is -0.352 e. The van der Waals surface area contributed by atoms with Crippen LogP contribution in [0.2, 0.25) is 0 Å². The summed E-state index contributed by atoms with van der Waals surface area (Å²) in [7, 11) is 0. The number of nitrogens with one attached hydrogen (secondary N) is 1. The van der Waals surface area contributed by atoms with Gasteiger partial charge in [0.15, 0.2) is 0 Å². The van der Waals surface area contributed by atoms with Gasteiger partial charge in [0.05, 0.1) is 0 Å². The second kappa shape index (κ2) is 8.08. The Morgan fingerprint density at radius 1 is 1.04 bits per heavy atom. The monoisotopic (exact) mass is 358 g/mol. The highest BCUT2D eigenvalue weighted by molar-refractivity contribution is 5.94. The zero-order valence-corrected chi connectivity index (χ0v) is 14.3. The summed E-state index contributed by atoms with van der Waals surface area (Å²) in [6, 6.07) is 11.9. The van der Waals surface area contributed by atoms with Crippen molar-refractivity contribution >= 4 is 11.8 Å². The lowest BCUT2D eigenvalue weighted by atomic mass is 9.95. The Labute approximate surface area is 150 Å². The van der Waals surface area contributed by atoms with E-state index in [1.807, 2.05) is 0 Å². The van der Waals surface area contributed by atoms with Crippen molar-refractivity contribution in [3.63, 3.8) is 0 Å². The van der Waals surface area contributed by atoms with Crippen LogP contribution in [0.3, 0.4) is 0 Å². The summed E-state index contributed by atoms with van der Waals surface area (Å²) in [6.07, 6.45) is 1.06. The molecule has 0 spiro atoms. The van der Waals surface area contributed by atoms with E-state index in [4.69, 9.17) is 0 Å². The van der Waals surface area contributed by atoms with E-state index in [1.165, 1.54) is 24.3 Å². The number of benzene rings is 2. The van der Waals surface area contributed by atoms with E-state index < -0.39 is 5.82 Å². The molecule has 0 bridgehead atoms. The molecule has 2 amide bonds. The molecule has 1 aliphatic rings. The van der Waals surface area contributed by atoms with Crippen molar-refractivity contribution < 1.29 is 18.4 Å². The first-order chi connectivity index (χ1) is 12.5. The molecular weight excluding hydrogens is 338 g/mol. The summed E-state index contributed by atoms with van der Waals surface area (Å²) in [5, 5.41) is 2.76. The highest BCUT2D eigenvalue weighted by Crippen LogP contribution is 2.20. The summed E-state index contributed by atoms with van der Waals surface area (Å²) in [5.74, 6) is -1.36. The fourth-order valence-corrected chi connectivity index (χ4v) is 3.12. The third kappa shape index (κ3) is 4.25. The largest absolute Gasteiger partial charge is 0.352 e. The molecule has 1 aliphatic heterocycles. The second-order valence-electron chi connectivity index (χ2n) is 6.39. The first kappa shape index (κ1) is 18.0. The number of piperidine rings is 1. The van der Waals surface area contributed by atoms with Gasteiger partial charge in [-0.2, -0.15) is 0 Å². The van der Waals surface area contributed by atoms with E-state index in [1.54, 1.807) is 29.2 Å². The molecule has 0 aliphatic carbocycles. The molecule has 0 aromatic heterocycles. The van der Waals surface area contributed by atoms with Gasteiger partial charge in [-0.25, -0.2) is 8.78 Å². The maximum absolute atomic E-state index is 13.6. The normalized spacial score (nSPS) is 14.9. The van der Waals surface area contributed by atoms with Crippen LogP contribution in [0.25, 0.3) is 0 Å². The van der Waals surface area contributed by atoms with Gasteiger partial charge in [-0.1, -0.05) is 24.3 Å². The molecule has 1 heterocycles. The molecule has 0 atom stereocenters. The van der Waals surface area contributed by atoms with Gasteiger partial charge < -0.3 is 10.2 Å². The number of rotatable bonds is 4. The fraction of sp³-hybridized carbons (Fsp3) is 0.300. The van der Waals surface area contributed by atoms with E-state index in [0.717, 1.165) is 0 Å². The van der Waals surface area contributed by atoms with E-state index in [-0.39, 0.29) is 30.1 Å². The van der Waals surface area contributed by atoms with Crippen molar-refractivity contribution in [3.8, 4) is 0 Å². The quantitative estimate of drug-likeness (QED) is 0.913. The van der Waals surface area contributed by atoms with Crippen LogP contribution < -0.4 is 5.32 Å². The maximum atomic E-state index is 13.6. The van der Waals surface area contributed by atoms with Gasteiger partial charge in [0.25, 0.3) is 5.91 Å². The summed E-state index contributed by atoms with van der Waals surface area (Å²) in [4.78, 5) is 26.3. The van der Waals surface area contributed by atoms with Gasteiger partial charge in [-0.15, -0.1) is 0 Å². The molecule has 6 heteroatoms. The van der Waals surface area contributed by atoms with Gasteiger partial charge in [-0.3, -0.25) is 9.59 Å². The molecule has 0 radical (unpaired) electrons. The lowest BCUT2D eigenvalue weighted by Gasteiger charge is -2.31. The van der Waals surface area contributed by atoms with Gasteiger partial charge in [0, 0.05) is 36.7 Å². The predicted molar refractivity (Wildman–Crippen MR) is 93.3 cm³/mol. The number of amides is 2. The van der Waals surface area contributed by atoms with E-state index >= 15 is 0 Å². The molecule has 0 saturated carbocycles. The number of nitrogens with zero attached hydrogens (tertiary/aromatic N) is 1. The molecule has 26 heavy (non-hydrogen) atoms. The lowest BCUT2D eigenvalue weighted by molar-refractivity contribution is -0.126. The van der Waals surface area contributed by atoms with Crippen molar-refractivity contribution in [2.45, 2.75) is 19.4 Å². The minimum atomic E-state index is -0.446. The number of halogens is 2. The van der Waals surface area contributed by atoms with Crippen molar-refractivity contribution in [1.29, 1.82) is 0 Å². The average Bonchev–Trinajstić information content (AvgIpc) is 2.66. The molecule has 0 unspecified atom stereocenters. The van der Waals surface area contributed by atoms with Crippen LogP contribution in [-0.4, -0.2) is 29.8 Å². The summed E-state index contributed by atoms with van der Waals surface area (Å²) in [5.41, 5.74) is 0.757. The van der Waals surface area contributed by atoms with Crippen LogP contribution in [0, 0.1) is 17.6 Å². The highest BCUT2D eigenvalue weighted by Gasteiger charge is 2.27. The van der Waals surface area contributed by atoms with Crippen LogP contribution in [-0.2, 0) is 11.3 Å². The Hall–Kier alpha value is -2.76. The van der Waals surface area contributed by atoms with Crippen LogP contribution in [0.1, 0.15) is 28.8 Å². The third-order valence-electron chi connectivity index (χ3n) is 4.64. The number of carbonyl (C=O) groups is 2. The standard InChI is InChI=1S/C20H20F2N2O2/c21-17-6-3-5-15(12-17)20(26)24-10-8-14(9-11-24)19(25)23-13-16-4-1-2-7-18(16)22/h1-7,12,14H,8-11,13H2,(H,23,25). The smallest absolute Gasteiger partial charge is 0.253 e. The van der Waals surface area contributed by atoms with Crippen molar-refractivity contribution in [3.05, 3.63) is 71.3 Å². The first-order valence-corrected chi connectivity index (χ1v) is 8.60. The molecule has 1 N–H and O–H groups in total. The Kier molecular flexibility index (Phi) is 5.61. The Morgan fingerprint density at radius 2 is 1.77 bits per heavy atom. The molecule has 2 aromatic carbocycles. The Bertz CT molecular complexity index is 802. The first-order valence-electron chi connectivity index (χ1n) is 8.60. The molecule has 4 nitrogen and oxygen atoms in total. The van der Waals surface area contributed by atoms with Gasteiger partial charge in [-0.05, 0) is 37.1 Å². The second-order valence-corrected chi connectivity index (χ2v) is 6.39. The van der Waals surface area contributed by atoms with Crippen molar-refractivity contribution in [2.75, 3.05) is 13.1 Å². The van der Waals surface area contributed by atoms with Crippen molar-refractivity contribution in [2.24, 2.45) is 5.92 Å². The molecule has 3 rings (SSSR count). The van der Waals surface area contributed by atoms with Gasteiger partial charge in [0.2, 0.25) is 5.91 Å². The van der Waals surface area contributed by atoms with Crippen LogP contribution >= 0.6 is 0 Å². The van der Waals surface area contributed by atoms with Crippen molar-refractivity contribution in [1.82, 2.24) is 10.2 Å². The lowest BCUT2D eigenvalue weighted by Crippen LogP contribution is -2.43. The van der Waals surface area contributed by atoms with E-state index in [2.05, 4.69) is 5.32 Å². The molecule has 1 saturated heterocycles. The van der Waals surface area contributed by atoms with Crippen LogP contribution in [0.5, 0.6) is 0 Å². The fourth-order valence-electron chi connectivity index (χ4n) is 3.12. The molecule has 136 valence electrons. The minimum absolute atomic E-state index is 0.133. The Balaban J connectivity index is 1.51. The summed E-state index contributed by atoms with van der Waals surface area (Å²) >= 11 is 0. The summed E-state index contributed by atoms with van der Waals surface area (Å²) in [6.45, 7) is 1.02. The van der Waals surface area contributed by atoms with Gasteiger partial charge in [0.1, 0.15) is 11.6 Å². The predicted octanol–water partition coefficient (Wildman–Crippen LogP) is 3.13. The number of likely N-dealkylation sites (tertiary alicyclic amines) is 1. The molecule has 2 aromatic rings. The topological polar surface area (TPSA) is 49.4 Å². The van der Waals surface area contributed by atoms with E-state index in [0.29, 0.717) is 37.1 Å². The summed E-state index contributed by atoms with van der Waals surface area (Å²) < 4.78 is 26.9. The maximum Gasteiger partial charge on any atom is 0.253 e. The van der Waals surface area contributed by atoms with E-state index in [9.17, 15) is 18.4 Å². The Morgan fingerprint density at radius 3 is 2.46 bits per heavy atom. The zero-order chi connectivity index (χ0) is 18.5. The number of hydrogen-bond acceptors (Lipinski definition) is 2. The zero-order valence-electron chi connectivity index (χ0n) is 14.3. The number of carbonyl (C=O) groups excluding carboxylic acids is 2. The average molecular weight is 358 g/mol. The SMILES string of the molecule is O=C(NCc1ccccc1F)C1CCN(C(=O)c2cccc(F)c2)CC1.